The molecule has 0 aromatic heterocycles. The SMILES string of the molecule is CCN(CCNC(=NC)NCCSC)c1cccc(C)c1.I. The Kier molecular flexibility index (Phi) is 12.5. The molecule has 0 radical (unpaired) electrons. The molecule has 6 heteroatoms. The number of aliphatic imine (C=N–C) groups is 1. The summed E-state index contributed by atoms with van der Waals surface area (Å²) in [6.07, 6.45) is 2.11. The van der Waals surface area contributed by atoms with Crippen LogP contribution in [-0.4, -0.2) is 51.2 Å². The number of halogens is 1. The van der Waals surface area contributed by atoms with Crippen LogP contribution in [0.4, 0.5) is 5.69 Å². The van der Waals surface area contributed by atoms with Crippen LogP contribution < -0.4 is 15.5 Å². The van der Waals surface area contributed by atoms with Gasteiger partial charge in [-0.25, -0.2) is 0 Å². The van der Waals surface area contributed by atoms with E-state index in [0.717, 1.165) is 37.9 Å². The molecule has 0 unspecified atom stereocenters. The number of anilines is 1. The van der Waals surface area contributed by atoms with E-state index >= 15 is 0 Å². The highest BCUT2D eigenvalue weighted by Crippen LogP contribution is 2.14. The molecule has 0 saturated carbocycles. The third-order valence-electron chi connectivity index (χ3n) is 3.24. The van der Waals surface area contributed by atoms with E-state index in [9.17, 15) is 0 Å². The lowest BCUT2D eigenvalue weighted by atomic mass is 10.2. The maximum Gasteiger partial charge on any atom is 0.191 e. The fourth-order valence-corrected chi connectivity index (χ4v) is 2.40. The smallest absolute Gasteiger partial charge is 0.191 e. The Morgan fingerprint density at radius 2 is 2.00 bits per heavy atom. The Labute approximate surface area is 156 Å². The Hall–Kier alpha value is -0.630. The van der Waals surface area contributed by atoms with Gasteiger partial charge in [0.2, 0.25) is 0 Å². The predicted octanol–water partition coefficient (Wildman–Crippen LogP) is 2.97. The van der Waals surface area contributed by atoms with Gasteiger partial charge in [0, 0.05) is 44.7 Å². The number of rotatable bonds is 8. The van der Waals surface area contributed by atoms with Crippen LogP contribution >= 0.6 is 35.7 Å². The summed E-state index contributed by atoms with van der Waals surface area (Å²) < 4.78 is 0. The van der Waals surface area contributed by atoms with Crippen molar-refractivity contribution >= 4 is 47.4 Å². The Balaban J connectivity index is 0.00000441. The minimum Gasteiger partial charge on any atom is -0.370 e. The van der Waals surface area contributed by atoms with E-state index in [4.69, 9.17) is 0 Å². The standard InChI is InChI=1S/C16H28N4S.HI/c1-5-20(15-8-6-7-14(2)13-15)11-9-18-16(17-3)19-10-12-21-4;/h6-8,13H,5,9-12H2,1-4H3,(H2,17,18,19);1H. The number of benzene rings is 1. The number of hydrogen-bond donors (Lipinski definition) is 2. The van der Waals surface area contributed by atoms with Gasteiger partial charge >= 0.3 is 0 Å². The number of nitrogens with one attached hydrogen (secondary N) is 2. The van der Waals surface area contributed by atoms with Crippen LogP contribution in [0.15, 0.2) is 29.3 Å². The van der Waals surface area contributed by atoms with E-state index < -0.39 is 0 Å². The number of aryl methyl sites for hydroxylation is 1. The fourth-order valence-electron chi connectivity index (χ4n) is 2.10. The Morgan fingerprint density at radius 3 is 2.59 bits per heavy atom. The number of guanidine groups is 1. The van der Waals surface area contributed by atoms with Crippen molar-refractivity contribution in [3.05, 3.63) is 29.8 Å². The van der Waals surface area contributed by atoms with Crippen LogP contribution in [0.1, 0.15) is 12.5 Å². The zero-order chi connectivity index (χ0) is 15.5. The fraction of sp³-hybridized carbons (Fsp3) is 0.562. The molecule has 2 N–H and O–H groups in total. The van der Waals surface area contributed by atoms with Gasteiger partial charge in [0.25, 0.3) is 0 Å². The molecule has 0 heterocycles. The van der Waals surface area contributed by atoms with E-state index in [1.807, 2.05) is 18.8 Å². The van der Waals surface area contributed by atoms with Gasteiger partial charge in [-0.1, -0.05) is 12.1 Å². The summed E-state index contributed by atoms with van der Waals surface area (Å²) >= 11 is 1.83. The monoisotopic (exact) mass is 436 g/mol. The minimum atomic E-state index is 0. The van der Waals surface area contributed by atoms with Crippen molar-refractivity contribution < 1.29 is 0 Å². The maximum atomic E-state index is 4.24. The normalized spacial score (nSPS) is 10.8. The van der Waals surface area contributed by atoms with E-state index in [-0.39, 0.29) is 24.0 Å². The number of nitrogens with zero attached hydrogens (tertiary/aromatic N) is 2. The number of thioether (sulfide) groups is 1. The molecule has 0 aliphatic carbocycles. The summed E-state index contributed by atoms with van der Waals surface area (Å²) in [5, 5.41) is 6.68. The molecular formula is C16H29IN4S. The Morgan fingerprint density at radius 1 is 1.27 bits per heavy atom. The van der Waals surface area contributed by atoms with Crippen molar-refractivity contribution in [2.75, 3.05) is 50.1 Å². The highest BCUT2D eigenvalue weighted by atomic mass is 127. The summed E-state index contributed by atoms with van der Waals surface area (Å²) in [7, 11) is 1.81. The zero-order valence-electron chi connectivity index (χ0n) is 14.1. The van der Waals surface area contributed by atoms with Gasteiger partial charge in [-0.15, -0.1) is 24.0 Å². The van der Waals surface area contributed by atoms with Gasteiger partial charge in [-0.05, 0) is 37.8 Å². The van der Waals surface area contributed by atoms with Crippen LogP contribution in [0.5, 0.6) is 0 Å². The lowest BCUT2D eigenvalue weighted by molar-refractivity contribution is 0.756. The molecule has 0 fully saturated rings. The summed E-state index contributed by atoms with van der Waals surface area (Å²) in [6.45, 7) is 8.10. The van der Waals surface area contributed by atoms with Gasteiger partial charge in [-0.3, -0.25) is 4.99 Å². The van der Waals surface area contributed by atoms with Crippen molar-refractivity contribution in [1.82, 2.24) is 10.6 Å². The second-order valence-electron chi connectivity index (χ2n) is 4.84. The molecule has 0 aliphatic rings. The van der Waals surface area contributed by atoms with Crippen LogP contribution in [0.2, 0.25) is 0 Å². The third-order valence-corrected chi connectivity index (χ3v) is 3.86. The highest BCUT2D eigenvalue weighted by Gasteiger charge is 2.04. The lowest BCUT2D eigenvalue weighted by Crippen LogP contribution is -2.42. The predicted molar refractivity (Wildman–Crippen MR) is 112 cm³/mol. The maximum absolute atomic E-state index is 4.24. The molecule has 4 nitrogen and oxygen atoms in total. The van der Waals surface area contributed by atoms with E-state index in [1.54, 1.807) is 0 Å². The quantitative estimate of drug-likeness (QED) is 0.285. The second-order valence-corrected chi connectivity index (χ2v) is 5.82. The van der Waals surface area contributed by atoms with Crippen molar-refractivity contribution in [1.29, 1.82) is 0 Å². The molecule has 1 aromatic carbocycles. The van der Waals surface area contributed by atoms with Crippen LogP contribution in [0, 0.1) is 6.92 Å². The second kappa shape index (κ2) is 12.9. The summed E-state index contributed by atoms with van der Waals surface area (Å²) in [6, 6.07) is 8.65. The van der Waals surface area contributed by atoms with Crippen molar-refractivity contribution in [2.45, 2.75) is 13.8 Å². The van der Waals surface area contributed by atoms with Crippen LogP contribution in [-0.2, 0) is 0 Å². The zero-order valence-corrected chi connectivity index (χ0v) is 17.2. The van der Waals surface area contributed by atoms with Gasteiger partial charge in [0.05, 0.1) is 0 Å². The van der Waals surface area contributed by atoms with Gasteiger partial charge in [-0.2, -0.15) is 11.8 Å². The molecule has 0 atom stereocenters. The highest BCUT2D eigenvalue weighted by molar-refractivity contribution is 14.0. The Bertz CT molecular complexity index is 440. The molecule has 0 amide bonds. The number of hydrogen-bond acceptors (Lipinski definition) is 3. The van der Waals surface area contributed by atoms with Crippen LogP contribution in [0.25, 0.3) is 0 Å². The largest absolute Gasteiger partial charge is 0.370 e. The molecule has 0 saturated heterocycles. The first kappa shape index (κ1) is 21.4. The average molecular weight is 436 g/mol. The molecule has 1 rings (SSSR count). The summed E-state index contributed by atoms with van der Waals surface area (Å²) in [5.41, 5.74) is 2.58. The molecule has 0 aliphatic heterocycles. The topological polar surface area (TPSA) is 39.7 Å². The molecule has 22 heavy (non-hydrogen) atoms. The van der Waals surface area contributed by atoms with Gasteiger partial charge < -0.3 is 15.5 Å². The van der Waals surface area contributed by atoms with E-state index in [0.29, 0.717) is 0 Å². The molecular weight excluding hydrogens is 407 g/mol. The number of likely N-dealkylation sites (N-methyl/N-ethyl adjacent to an activating group) is 1. The van der Waals surface area contributed by atoms with Crippen molar-refractivity contribution in [3.8, 4) is 0 Å². The van der Waals surface area contributed by atoms with Gasteiger partial charge in [0.1, 0.15) is 0 Å². The van der Waals surface area contributed by atoms with E-state index in [2.05, 4.69) is 64.9 Å². The lowest BCUT2D eigenvalue weighted by Gasteiger charge is -2.24. The third kappa shape index (κ3) is 8.12. The van der Waals surface area contributed by atoms with Crippen LogP contribution in [0.3, 0.4) is 0 Å². The molecule has 126 valence electrons. The van der Waals surface area contributed by atoms with Crippen molar-refractivity contribution in [2.24, 2.45) is 4.99 Å². The molecule has 1 aromatic rings. The van der Waals surface area contributed by atoms with Crippen molar-refractivity contribution in [3.63, 3.8) is 0 Å². The summed E-state index contributed by atoms with van der Waals surface area (Å²) in [4.78, 5) is 6.61. The molecule has 0 bridgehead atoms. The minimum absolute atomic E-state index is 0. The first-order valence-corrected chi connectivity index (χ1v) is 8.85. The molecule has 0 spiro atoms. The average Bonchev–Trinajstić information content (AvgIpc) is 2.50. The summed E-state index contributed by atoms with van der Waals surface area (Å²) in [5.74, 6) is 1.97. The first-order valence-electron chi connectivity index (χ1n) is 7.46. The van der Waals surface area contributed by atoms with E-state index in [1.165, 1.54) is 11.3 Å². The van der Waals surface area contributed by atoms with Gasteiger partial charge in [0.15, 0.2) is 5.96 Å². The first-order chi connectivity index (χ1) is 10.2.